The fraction of sp³-hybridized carbons (Fsp3) is 0.517. The van der Waals surface area contributed by atoms with Crippen molar-refractivity contribution < 1.29 is 9.59 Å². The molecule has 0 amide bonds. The van der Waals surface area contributed by atoms with Crippen molar-refractivity contribution in [3.05, 3.63) is 58.7 Å². The van der Waals surface area contributed by atoms with Gasteiger partial charge in [-0.3, -0.25) is 9.59 Å². The van der Waals surface area contributed by atoms with Crippen LogP contribution in [0.3, 0.4) is 0 Å². The van der Waals surface area contributed by atoms with Crippen molar-refractivity contribution in [1.82, 2.24) is 9.80 Å². The van der Waals surface area contributed by atoms with Gasteiger partial charge in [-0.15, -0.1) is 0 Å². The van der Waals surface area contributed by atoms with Crippen LogP contribution in [0.25, 0.3) is 11.1 Å². The third kappa shape index (κ3) is 5.28. The predicted octanol–water partition coefficient (Wildman–Crippen LogP) is 5.38. The molecule has 2 heterocycles. The van der Waals surface area contributed by atoms with E-state index in [1.54, 1.807) is 0 Å². The van der Waals surface area contributed by atoms with Crippen LogP contribution in [0.1, 0.15) is 83.2 Å². The SMILES string of the molecule is O=C(CCN1CCCCC1)c1ccc2c(c1)Cc1cc(C(=O)CCN3CCCCC3)ccc1-2. The first-order valence-corrected chi connectivity index (χ1v) is 12.9. The van der Waals surface area contributed by atoms with Gasteiger partial charge in [0.15, 0.2) is 11.6 Å². The third-order valence-corrected chi connectivity index (χ3v) is 7.73. The lowest BCUT2D eigenvalue weighted by molar-refractivity contribution is 0.0951. The maximum absolute atomic E-state index is 12.8. The Morgan fingerprint density at radius 1 is 0.606 bits per heavy atom. The molecule has 0 N–H and O–H groups in total. The van der Waals surface area contributed by atoms with Crippen molar-refractivity contribution in [2.75, 3.05) is 39.3 Å². The second-order valence-electron chi connectivity index (χ2n) is 10.1. The number of piperidine rings is 2. The highest BCUT2D eigenvalue weighted by Gasteiger charge is 2.22. The van der Waals surface area contributed by atoms with Crippen LogP contribution in [0.5, 0.6) is 0 Å². The molecule has 0 radical (unpaired) electrons. The number of carbonyl (C=O) groups is 2. The van der Waals surface area contributed by atoms with Crippen LogP contribution in [0, 0.1) is 0 Å². The fourth-order valence-corrected chi connectivity index (χ4v) is 5.73. The quantitative estimate of drug-likeness (QED) is 0.438. The fourth-order valence-electron chi connectivity index (χ4n) is 5.73. The summed E-state index contributed by atoms with van der Waals surface area (Å²) in [6.45, 7) is 6.27. The van der Waals surface area contributed by atoms with Gasteiger partial charge in [0.05, 0.1) is 0 Å². The predicted molar refractivity (Wildman–Crippen MR) is 133 cm³/mol. The van der Waals surface area contributed by atoms with E-state index in [-0.39, 0.29) is 11.6 Å². The number of rotatable bonds is 8. The molecule has 0 saturated carbocycles. The molecule has 0 aromatic heterocycles. The lowest BCUT2D eigenvalue weighted by Gasteiger charge is -2.25. The van der Waals surface area contributed by atoms with Gasteiger partial charge in [0.25, 0.3) is 0 Å². The van der Waals surface area contributed by atoms with Gasteiger partial charge in [0.1, 0.15) is 0 Å². The van der Waals surface area contributed by atoms with E-state index in [4.69, 9.17) is 0 Å². The number of ketones is 2. The van der Waals surface area contributed by atoms with Gasteiger partial charge in [0, 0.05) is 37.1 Å². The molecule has 3 aliphatic rings. The normalized spacial score (nSPS) is 18.7. The molecule has 4 heteroatoms. The van der Waals surface area contributed by atoms with Crippen LogP contribution in [-0.2, 0) is 6.42 Å². The number of nitrogens with zero attached hydrogens (tertiary/aromatic N) is 2. The average molecular weight is 445 g/mol. The minimum absolute atomic E-state index is 0.243. The van der Waals surface area contributed by atoms with Crippen LogP contribution < -0.4 is 0 Å². The van der Waals surface area contributed by atoms with E-state index in [2.05, 4.69) is 34.1 Å². The van der Waals surface area contributed by atoms with Gasteiger partial charge < -0.3 is 9.80 Å². The maximum atomic E-state index is 12.8. The Labute approximate surface area is 198 Å². The van der Waals surface area contributed by atoms with Gasteiger partial charge in [0.2, 0.25) is 0 Å². The van der Waals surface area contributed by atoms with Crippen LogP contribution in [-0.4, -0.2) is 60.6 Å². The number of hydrogen-bond acceptors (Lipinski definition) is 4. The zero-order chi connectivity index (χ0) is 22.6. The van der Waals surface area contributed by atoms with Gasteiger partial charge in [-0.05, 0) is 92.7 Å². The molecular weight excluding hydrogens is 408 g/mol. The van der Waals surface area contributed by atoms with Crippen molar-refractivity contribution in [1.29, 1.82) is 0 Å². The Morgan fingerprint density at radius 2 is 1.03 bits per heavy atom. The highest BCUT2D eigenvalue weighted by Crippen LogP contribution is 2.37. The Bertz CT molecular complexity index is 935. The van der Waals surface area contributed by atoms with Gasteiger partial charge in [-0.25, -0.2) is 0 Å². The topological polar surface area (TPSA) is 40.6 Å². The first kappa shape index (κ1) is 22.5. The molecule has 1 aliphatic carbocycles. The van der Waals surface area contributed by atoms with E-state index in [1.807, 2.05) is 12.1 Å². The average Bonchev–Trinajstić information content (AvgIpc) is 3.24. The molecule has 0 atom stereocenters. The second-order valence-corrected chi connectivity index (χ2v) is 10.1. The smallest absolute Gasteiger partial charge is 0.164 e. The molecule has 0 bridgehead atoms. The van der Waals surface area contributed by atoms with Crippen molar-refractivity contribution in [3.8, 4) is 11.1 Å². The zero-order valence-electron chi connectivity index (χ0n) is 19.8. The molecule has 0 unspecified atom stereocenters. The summed E-state index contributed by atoms with van der Waals surface area (Å²) in [5, 5.41) is 0. The van der Waals surface area contributed by atoms with E-state index in [0.29, 0.717) is 12.8 Å². The van der Waals surface area contributed by atoms with E-state index < -0.39 is 0 Å². The molecule has 5 rings (SSSR count). The van der Waals surface area contributed by atoms with E-state index >= 15 is 0 Å². The molecule has 2 fully saturated rings. The Hall–Kier alpha value is -2.30. The summed E-state index contributed by atoms with van der Waals surface area (Å²) in [7, 11) is 0. The summed E-state index contributed by atoms with van der Waals surface area (Å²) >= 11 is 0. The van der Waals surface area contributed by atoms with Gasteiger partial charge in [-0.1, -0.05) is 37.1 Å². The Kier molecular flexibility index (Phi) is 7.03. The standard InChI is InChI=1S/C29H36N2O2/c32-28(11-17-30-13-3-1-4-14-30)22-7-9-26-24(19-22)21-25-20-23(8-10-27(25)26)29(33)12-18-31-15-5-2-6-16-31/h7-10,19-20H,1-6,11-18,21H2. The summed E-state index contributed by atoms with van der Waals surface area (Å²) < 4.78 is 0. The van der Waals surface area contributed by atoms with Crippen LogP contribution in [0.2, 0.25) is 0 Å². The molecule has 4 nitrogen and oxygen atoms in total. The monoisotopic (exact) mass is 444 g/mol. The van der Waals surface area contributed by atoms with Crippen molar-refractivity contribution in [2.45, 2.75) is 57.8 Å². The summed E-state index contributed by atoms with van der Waals surface area (Å²) in [4.78, 5) is 30.5. The summed E-state index contributed by atoms with van der Waals surface area (Å²) in [6, 6.07) is 12.4. The van der Waals surface area contributed by atoms with Crippen LogP contribution in [0.4, 0.5) is 0 Å². The zero-order valence-corrected chi connectivity index (χ0v) is 19.8. The molecule has 2 aromatic rings. The van der Waals surface area contributed by atoms with Gasteiger partial charge >= 0.3 is 0 Å². The molecular formula is C29H36N2O2. The highest BCUT2D eigenvalue weighted by atomic mass is 16.1. The van der Waals surface area contributed by atoms with Crippen molar-refractivity contribution in [3.63, 3.8) is 0 Å². The summed E-state index contributed by atoms with van der Waals surface area (Å²) in [5.41, 5.74) is 6.51. The second kappa shape index (κ2) is 10.3. The molecule has 2 aliphatic heterocycles. The van der Waals surface area contributed by atoms with Crippen molar-refractivity contribution >= 4 is 11.6 Å². The first-order valence-electron chi connectivity index (χ1n) is 12.9. The molecule has 2 aromatic carbocycles. The Morgan fingerprint density at radius 3 is 1.45 bits per heavy atom. The van der Waals surface area contributed by atoms with Crippen LogP contribution >= 0.6 is 0 Å². The van der Waals surface area contributed by atoms with Crippen molar-refractivity contribution in [2.24, 2.45) is 0 Å². The number of hydrogen-bond donors (Lipinski definition) is 0. The highest BCUT2D eigenvalue weighted by molar-refractivity contribution is 5.99. The number of carbonyl (C=O) groups excluding carboxylic acids is 2. The number of benzene rings is 2. The minimum Gasteiger partial charge on any atom is -0.303 e. The largest absolute Gasteiger partial charge is 0.303 e. The first-order chi connectivity index (χ1) is 16.2. The summed E-state index contributed by atoms with van der Waals surface area (Å²) in [6.07, 6.45) is 9.68. The third-order valence-electron chi connectivity index (χ3n) is 7.73. The molecule has 174 valence electrons. The molecule has 2 saturated heterocycles. The maximum Gasteiger partial charge on any atom is 0.164 e. The lowest BCUT2D eigenvalue weighted by atomic mass is 9.99. The van der Waals surface area contributed by atoms with E-state index in [0.717, 1.165) is 56.8 Å². The van der Waals surface area contributed by atoms with E-state index in [9.17, 15) is 9.59 Å². The summed E-state index contributed by atoms with van der Waals surface area (Å²) in [5.74, 6) is 0.487. The number of likely N-dealkylation sites (tertiary alicyclic amines) is 2. The molecule has 0 spiro atoms. The lowest BCUT2D eigenvalue weighted by Crippen LogP contribution is -2.31. The molecule has 33 heavy (non-hydrogen) atoms. The number of fused-ring (bicyclic) bond motifs is 3. The van der Waals surface area contributed by atoms with Gasteiger partial charge in [-0.2, -0.15) is 0 Å². The van der Waals surface area contributed by atoms with E-state index in [1.165, 1.54) is 60.8 Å². The van der Waals surface area contributed by atoms with Crippen LogP contribution in [0.15, 0.2) is 36.4 Å². The Balaban J connectivity index is 1.21. The minimum atomic E-state index is 0.243. The number of Topliss-reactive ketones (excluding diaryl/α,β-unsaturated/α-hetero) is 2.